The van der Waals surface area contributed by atoms with Crippen LogP contribution in [0, 0.1) is 0 Å². The molecule has 3 rings (SSSR count). The van der Waals surface area contributed by atoms with Gasteiger partial charge in [-0.15, -0.1) is 0 Å². The van der Waals surface area contributed by atoms with Gasteiger partial charge in [0, 0.05) is 26.3 Å². The lowest BCUT2D eigenvalue weighted by atomic mass is 10.0. The number of likely N-dealkylation sites (N-methyl/N-ethyl adjacent to an activating group) is 1. The number of carbonyl (C=O) groups excluding carboxylic acids is 2. The number of piperazine rings is 1. The number of carbonyl (C=O) groups is 2. The van der Waals surface area contributed by atoms with Gasteiger partial charge < -0.3 is 24.5 Å². The first-order chi connectivity index (χ1) is 13.6. The van der Waals surface area contributed by atoms with Gasteiger partial charge in [-0.25, -0.2) is 4.98 Å². The van der Waals surface area contributed by atoms with E-state index >= 15 is 0 Å². The van der Waals surface area contributed by atoms with Crippen LogP contribution in [-0.2, 0) is 20.5 Å². The van der Waals surface area contributed by atoms with Crippen molar-refractivity contribution in [1.29, 1.82) is 0 Å². The Morgan fingerprint density at radius 2 is 2.14 bits per heavy atom. The zero-order valence-corrected chi connectivity index (χ0v) is 16.1. The topological polar surface area (TPSA) is 86.2 Å². The summed E-state index contributed by atoms with van der Waals surface area (Å²) in [5, 5.41) is 9.16. The van der Waals surface area contributed by atoms with Gasteiger partial charge in [0.25, 0.3) is 5.91 Å². The number of alkyl halides is 3. The number of aromatic nitrogens is 1. The predicted octanol–water partition coefficient (Wildman–Crippen LogP) is 0.881. The summed E-state index contributed by atoms with van der Waals surface area (Å²) in [6.07, 6.45) is -4.29. The number of fused-ring (bicyclic) bond motifs is 3. The van der Waals surface area contributed by atoms with E-state index in [1.165, 1.54) is 11.9 Å². The summed E-state index contributed by atoms with van der Waals surface area (Å²) in [6, 6.07) is 0.223. The van der Waals surface area contributed by atoms with Crippen LogP contribution >= 0.6 is 0 Å². The maximum atomic E-state index is 13.0. The Balaban J connectivity index is 1.71. The van der Waals surface area contributed by atoms with Crippen molar-refractivity contribution in [1.82, 2.24) is 9.88 Å². The van der Waals surface area contributed by atoms with Crippen LogP contribution in [0.5, 0.6) is 0 Å². The van der Waals surface area contributed by atoms with Crippen molar-refractivity contribution in [3.05, 3.63) is 17.8 Å². The van der Waals surface area contributed by atoms with Gasteiger partial charge in [0.05, 0.1) is 43.5 Å². The van der Waals surface area contributed by atoms with Crippen LogP contribution in [0.25, 0.3) is 0 Å². The average Bonchev–Trinajstić information content (AvgIpc) is 2.67. The summed E-state index contributed by atoms with van der Waals surface area (Å²) in [4.78, 5) is 33.5. The first kappa shape index (κ1) is 21.3. The molecule has 1 aromatic heterocycles. The number of aliphatic hydroxyl groups is 1. The third kappa shape index (κ3) is 4.45. The van der Waals surface area contributed by atoms with Crippen LogP contribution < -0.4 is 9.80 Å². The zero-order valence-electron chi connectivity index (χ0n) is 16.1. The maximum Gasteiger partial charge on any atom is 0.417 e. The van der Waals surface area contributed by atoms with Crippen LogP contribution in [0.1, 0.15) is 18.9 Å². The minimum Gasteiger partial charge on any atom is -0.391 e. The number of rotatable bonds is 5. The first-order valence-corrected chi connectivity index (χ1v) is 9.24. The molecule has 0 aliphatic carbocycles. The lowest BCUT2D eigenvalue weighted by molar-refractivity contribution is -0.138. The molecule has 11 heteroatoms. The lowest BCUT2D eigenvalue weighted by Crippen LogP contribution is -2.63. The molecule has 0 radical (unpaired) electrons. The molecule has 0 saturated carbocycles. The molecule has 8 nitrogen and oxygen atoms in total. The van der Waals surface area contributed by atoms with E-state index in [1.54, 1.807) is 16.7 Å². The van der Waals surface area contributed by atoms with E-state index in [-0.39, 0.29) is 50.2 Å². The van der Waals surface area contributed by atoms with E-state index in [0.29, 0.717) is 12.4 Å². The van der Waals surface area contributed by atoms with E-state index < -0.39 is 23.9 Å². The number of hydrogen-bond donors (Lipinski definition) is 1. The zero-order chi connectivity index (χ0) is 21.3. The molecule has 2 amide bonds. The molecular formula is C18H23F3N4O4. The molecule has 1 aromatic rings. The number of aliphatic hydroxyl groups excluding tert-OH is 1. The Hall–Kier alpha value is -2.40. The largest absolute Gasteiger partial charge is 0.417 e. The fourth-order valence-corrected chi connectivity index (χ4v) is 3.46. The highest BCUT2D eigenvalue weighted by Crippen LogP contribution is 2.39. The highest BCUT2D eigenvalue weighted by atomic mass is 19.4. The Kier molecular flexibility index (Phi) is 5.99. The third-order valence-electron chi connectivity index (χ3n) is 4.98. The van der Waals surface area contributed by atoms with Gasteiger partial charge >= 0.3 is 6.18 Å². The molecule has 2 aliphatic rings. The normalized spacial score (nSPS) is 20.4. The molecule has 0 spiro atoms. The Bertz CT molecular complexity index is 787. The summed E-state index contributed by atoms with van der Waals surface area (Å²) in [6.45, 7) is 2.61. The van der Waals surface area contributed by atoms with Crippen molar-refractivity contribution in [3.63, 3.8) is 0 Å². The second-order valence-corrected chi connectivity index (χ2v) is 7.18. The molecule has 2 atom stereocenters. The van der Waals surface area contributed by atoms with E-state index in [1.807, 2.05) is 0 Å². The highest BCUT2D eigenvalue weighted by Gasteiger charge is 2.43. The summed E-state index contributed by atoms with van der Waals surface area (Å²) in [5.41, 5.74) is -0.812. The third-order valence-corrected chi connectivity index (χ3v) is 4.98. The average molecular weight is 416 g/mol. The number of pyridine rings is 1. The molecule has 0 aromatic carbocycles. The first-order valence-electron chi connectivity index (χ1n) is 9.24. The molecule has 0 bridgehead atoms. The van der Waals surface area contributed by atoms with Crippen LogP contribution in [0.2, 0.25) is 0 Å². The summed E-state index contributed by atoms with van der Waals surface area (Å²) in [7, 11) is 1.41. The van der Waals surface area contributed by atoms with E-state index in [0.717, 1.165) is 12.3 Å². The smallest absolute Gasteiger partial charge is 0.391 e. The molecule has 3 heterocycles. The van der Waals surface area contributed by atoms with Gasteiger partial charge in [0.1, 0.15) is 6.04 Å². The minimum absolute atomic E-state index is 0.104. The van der Waals surface area contributed by atoms with Crippen molar-refractivity contribution >= 4 is 23.3 Å². The fourth-order valence-electron chi connectivity index (χ4n) is 3.46. The fraction of sp³-hybridized carbons (Fsp3) is 0.611. The Labute approximate surface area is 165 Å². The summed E-state index contributed by atoms with van der Waals surface area (Å²) < 4.78 is 44.2. The van der Waals surface area contributed by atoms with Crippen molar-refractivity contribution in [2.45, 2.75) is 31.7 Å². The standard InChI is InChI=1S/C18H23F3N4O4/c1-11(26)10-29-6-3-15(27)24-4-5-25-14(9-24)17(28)23(2)13-7-12(18(19,20)21)8-22-16(13)25/h7-8,11,14,26H,3-6,9-10H2,1-2H3. The summed E-state index contributed by atoms with van der Waals surface area (Å²) >= 11 is 0. The van der Waals surface area contributed by atoms with Gasteiger partial charge in [0.2, 0.25) is 5.91 Å². The number of anilines is 2. The lowest BCUT2D eigenvalue weighted by Gasteiger charge is -2.46. The number of amides is 2. The van der Waals surface area contributed by atoms with Crippen molar-refractivity contribution < 1.29 is 32.6 Å². The quantitative estimate of drug-likeness (QED) is 0.718. The van der Waals surface area contributed by atoms with Crippen LogP contribution in [0.3, 0.4) is 0 Å². The number of ether oxygens (including phenoxy) is 1. The molecule has 29 heavy (non-hydrogen) atoms. The Morgan fingerprint density at radius 1 is 1.41 bits per heavy atom. The second-order valence-electron chi connectivity index (χ2n) is 7.18. The van der Waals surface area contributed by atoms with E-state index in [9.17, 15) is 22.8 Å². The predicted molar refractivity (Wildman–Crippen MR) is 97.5 cm³/mol. The van der Waals surface area contributed by atoms with E-state index in [2.05, 4.69) is 4.98 Å². The molecular weight excluding hydrogens is 393 g/mol. The van der Waals surface area contributed by atoms with Gasteiger partial charge in [-0.1, -0.05) is 0 Å². The van der Waals surface area contributed by atoms with Gasteiger partial charge in [-0.05, 0) is 13.0 Å². The van der Waals surface area contributed by atoms with E-state index in [4.69, 9.17) is 9.84 Å². The molecule has 1 saturated heterocycles. The van der Waals surface area contributed by atoms with Gasteiger partial charge in [-0.2, -0.15) is 13.2 Å². The number of nitrogens with zero attached hydrogens (tertiary/aromatic N) is 4. The van der Waals surface area contributed by atoms with Crippen LogP contribution in [0.15, 0.2) is 12.3 Å². The van der Waals surface area contributed by atoms with Crippen molar-refractivity contribution in [2.75, 3.05) is 49.7 Å². The molecule has 2 unspecified atom stereocenters. The SMILES string of the molecule is CC(O)COCCC(=O)N1CCN2c3ncc(C(F)(F)F)cc3N(C)C(=O)C2C1. The monoisotopic (exact) mass is 416 g/mol. The second kappa shape index (κ2) is 8.15. The molecule has 2 aliphatic heterocycles. The molecule has 1 N–H and O–H groups in total. The van der Waals surface area contributed by atoms with Crippen molar-refractivity contribution in [2.24, 2.45) is 0 Å². The number of halogens is 3. The minimum atomic E-state index is -4.55. The van der Waals surface area contributed by atoms with Gasteiger partial charge in [-0.3, -0.25) is 9.59 Å². The summed E-state index contributed by atoms with van der Waals surface area (Å²) in [5.74, 6) is -0.268. The molecule has 1 fully saturated rings. The van der Waals surface area contributed by atoms with Crippen molar-refractivity contribution in [3.8, 4) is 0 Å². The highest BCUT2D eigenvalue weighted by molar-refractivity contribution is 6.05. The van der Waals surface area contributed by atoms with Gasteiger partial charge in [0.15, 0.2) is 5.82 Å². The Morgan fingerprint density at radius 3 is 2.79 bits per heavy atom. The molecule has 160 valence electrons. The maximum absolute atomic E-state index is 13.0. The van der Waals surface area contributed by atoms with Crippen LogP contribution in [0.4, 0.5) is 24.7 Å². The number of hydrogen-bond acceptors (Lipinski definition) is 6. The van der Waals surface area contributed by atoms with Crippen LogP contribution in [-0.4, -0.2) is 78.8 Å².